The summed E-state index contributed by atoms with van der Waals surface area (Å²) in [5.41, 5.74) is 5.27. The van der Waals surface area contributed by atoms with Crippen LogP contribution in [0.15, 0.2) is 0 Å². The van der Waals surface area contributed by atoms with Crippen molar-refractivity contribution in [3.8, 4) is 0 Å². The molecule has 4 heteroatoms. The maximum absolute atomic E-state index is 10.2. The van der Waals surface area contributed by atoms with Crippen molar-refractivity contribution in [3.63, 3.8) is 0 Å². The molecule has 0 aromatic heterocycles. The van der Waals surface area contributed by atoms with Gasteiger partial charge < -0.3 is 21.0 Å². The average molecular weight is 187 g/mol. The Morgan fingerprint density at radius 2 is 2.08 bits per heavy atom. The lowest BCUT2D eigenvalue weighted by Crippen LogP contribution is -2.42. The van der Waals surface area contributed by atoms with Gasteiger partial charge in [0, 0.05) is 6.04 Å². The molecule has 0 aliphatic heterocycles. The van der Waals surface area contributed by atoms with E-state index in [0.717, 1.165) is 25.9 Å². The normalized spacial score (nSPS) is 12.8. The maximum atomic E-state index is 10.2. The molecule has 0 aromatic rings. The molecule has 0 aliphatic carbocycles. The minimum atomic E-state index is -1.16. The van der Waals surface area contributed by atoms with Crippen molar-refractivity contribution in [1.82, 2.24) is 5.32 Å². The molecule has 0 radical (unpaired) electrons. The van der Waals surface area contributed by atoms with E-state index in [1.807, 2.05) is 0 Å². The van der Waals surface area contributed by atoms with Gasteiger partial charge in [0.25, 0.3) is 0 Å². The summed E-state index contributed by atoms with van der Waals surface area (Å²) in [6.45, 7) is 3.96. The number of nitrogens with two attached hydrogens (primary N) is 1. The second kappa shape index (κ2) is 8.01. The zero-order valence-corrected chi connectivity index (χ0v) is 8.21. The molecule has 0 amide bonds. The van der Waals surface area contributed by atoms with Crippen LogP contribution in [0, 0.1) is 0 Å². The lowest BCUT2D eigenvalue weighted by molar-refractivity contribution is -0.307. The van der Waals surface area contributed by atoms with Gasteiger partial charge in [-0.2, -0.15) is 0 Å². The number of nitrogens with one attached hydrogen (secondary N) is 1. The summed E-state index contributed by atoms with van der Waals surface area (Å²) in [7, 11) is 0. The van der Waals surface area contributed by atoms with Crippen molar-refractivity contribution >= 4 is 5.97 Å². The molecule has 0 fully saturated rings. The molecule has 3 N–H and O–H groups in total. The van der Waals surface area contributed by atoms with Crippen molar-refractivity contribution in [3.05, 3.63) is 0 Å². The summed E-state index contributed by atoms with van der Waals surface area (Å²) in [6, 6.07) is -0.812. The van der Waals surface area contributed by atoms with Crippen molar-refractivity contribution in [1.29, 1.82) is 0 Å². The fraction of sp³-hybridized carbons (Fsp3) is 0.889. The average Bonchev–Trinajstić information content (AvgIpc) is 2.10. The first-order valence-electron chi connectivity index (χ1n) is 4.85. The fourth-order valence-corrected chi connectivity index (χ4v) is 0.992. The molecule has 0 rings (SSSR count). The lowest BCUT2D eigenvalue weighted by atomic mass is 10.2. The molecule has 1 atom stereocenters. The molecule has 0 aromatic carbocycles. The highest BCUT2D eigenvalue weighted by Crippen LogP contribution is 1.92. The summed E-state index contributed by atoms with van der Waals surface area (Å²) >= 11 is 0. The van der Waals surface area contributed by atoms with Crippen molar-refractivity contribution < 1.29 is 9.90 Å². The Kier molecular flexibility index (Phi) is 7.63. The molecule has 0 saturated carbocycles. The molecule has 0 heterocycles. The molecule has 0 aliphatic rings. The van der Waals surface area contributed by atoms with E-state index >= 15 is 0 Å². The fourth-order valence-electron chi connectivity index (χ4n) is 0.992. The van der Waals surface area contributed by atoms with Crippen LogP contribution in [0.4, 0.5) is 0 Å². The number of carbonyl (C=O) groups excluding carboxylic acids is 1. The van der Waals surface area contributed by atoms with Crippen LogP contribution in [0.1, 0.15) is 32.6 Å². The number of rotatable bonds is 8. The van der Waals surface area contributed by atoms with Crippen LogP contribution in [-0.4, -0.2) is 25.1 Å². The zero-order chi connectivity index (χ0) is 10.1. The Morgan fingerprint density at radius 3 is 2.62 bits per heavy atom. The summed E-state index contributed by atoms with van der Waals surface area (Å²) in [5.74, 6) is -1.16. The highest BCUT2D eigenvalue weighted by atomic mass is 16.4. The summed E-state index contributed by atoms with van der Waals surface area (Å²) in [4.78, 5) is 10.2. The van der Waals surface area contributed by atoms with Crippen LogP contribution in [0.3, 0.4) is 0 Å². The molecule has 0 saturated heterocycles. The van der Waals surface area contributed by atoms with Gasteiger partial charge in [0.1, 0.15) is 0 Å². The highest BCUT2D eigenvalue weighted by Gasteiger charge is 2.01. The van der Waals surface area contributed by atoms with Crippen molar-refractivity contribution in [2.24, 2.45) is 5.73 Å². The Labute approximate surface area is 79.5 Å². The standard InChI is InChI=1S/C9H20N2O2/c1-2-3-6-11-7-4-5-8(10)9(12)13/h8,11H,2-7,10H2,1H3,(H,12,13)/p-1. The van der Waals surface area contributed by atoms with E-state index in [9.17, 15) is 9.90 Å². The van der Waals surface area contributed by atoms with Crippen LogP contribution < -0.4 is 16.2 Å². The smallest absolute Gasteiger partial charge is 0.0582 e. The third-order valence-electron chi connectivity index (χ3n) is 1.88. The molecule has 0 bridgehead atoms. The number of hydrogen-bond donors (Lipinski definition) is 2. The van der Waals surface area contributed by atoms with E-state index in [0.29, 0.717) is 6.42 Å². The monoisotopic (exact) mass is 187 g/mol. The SMILES string of the molecule is CCCCNCCCC(N)C(=O)[O-]. The minimum Gasteiger partial charge on any atom is -0.548 e. The van der Waals surface area contributed by atoms with Crippen LogP contribution in [0.5, 0.6) is 0 Å². The topological polar surface area (TPSA) is 78.2 Å². The molecule has 13 heavy (non-hydrogen) atoms. The summed E-state index contributed by atoms with van der Waals surface area (Å²) < 4.78 is 0. The van der Waals surface area contributed by atoms with E-state index in [2.05, 4.69) is 12.2 Å². The number of carboxylic acids is 1. The number of aliphatic carboxylic acids is 1. The third-order valence-corrected chi connectivity index (χ3v) is 1.88. The van der Waals surface area contributed by atoms with E-state index in [4.69, 9.17) is 5.73 Å². The van der Waals surface area contributed by atoms with Gasteiger partial charge in [0.05, 0.1) is 5.97 Å². The van der Waals surface area contributed by atoms with Gasteiger partial charge in [-0.05, 0) is 32.4 Å². The Bertz CT molecular complexity index is 140. The van der Waals surface area contributed by atoms with Gasteiger partial charge in [0.2, 0.25) is 0 Å². The van der Waals surface area contributed by atoms with Gasteiger partial charge in [-0.25, -0.2) is 0 Å². The third kappa shape index (κ3) is 7.74. The Morgan fingerprint density at radius 1 is 1.46 bits per heavy atom. The Hall–Kier alpha value is -0.610. The zero-order valence-electron chi connectivity index (χ0n) is 8.21. The van der Waals surface area contributed by atoms with Gasteiger partial charge >= 0.3 is 0 Å². The van der Waals surface area contributed by atoms with E-state index in [-0.39, 0.29) is 0 Å². The van der Waals surface area contributed by atoms with Gasteiger partial charge in [-0.3, -0.25) is 0 Å². The first-order valence-corrected chi connectivity index (χ1v) is 4.85. The van der Waals surface area contributed by atoms with Gasteiger partial charge in [-0.15, -0.1) is 0 Å². The van der Waals surface area contributed by atoms with Crippen LogP contribution in [-0.2, 0) is 4.79 Å². The quantitative estimate of drug-likeness (QED) is 0.489. The van der Waals surface area contributed by atoms with Crippen molar-refractivity contribution in [2.45, 2.75) is 38.6 Å². The predicted octanol–water partition coefficient (Wildman–Crippen LogP) is -0.766. The predicted molar refractivity (Wildman–Crippen MR) is 50.0 cm³/mol. The van der Waals surface area contributed by atoms with Crippen LogP contribution in [0.2, 0.25) is 0 Å². The molecule has 4 nitrogen and oxygen atoms in total. The molecular formula is C9H19N2O2-. The van der Waals surface area contributed by atoms with Gasteiger partial charge in [0.15, 0.2) is 0 Å². The van der Waals surface area contributed by atoms with Crippen LogP contribution in [0.25, 0.3) is 0 Å². The summed E-state index contributed by atoms with van der Waals surface area (Å²) in [6.07, 6.45) is 3.61. The first-order chi connectivity index (χ1) is 6.18. The molecule has 78 valence electrons. The van der Waals surface area contributed by atoms with Crippen molar-refractivity contribution in [2.75, 3.05) is 13.1 Å². The second-order valence-corrected chi connectivity index (χ2v) is 3.17. The number of carboxylic acid groups (broad SMARTS) is 1. The number of carbonyl (C=O) groups is 1. The highest BCUT2D eigenvalue weighted by molar-refractivity contribution is 5.70. The second-order valence-electron chi connectivity index (χ2n) is 3.17. The molecular weight excluding hydrogens is 168 g/mol. The number of unbranched alkanes of at least 4 members (excludes halogenated alkanes) is 1. The van der Waals surface area contributed by atoms with E-state index < -0.39 is 12.0 Å². The van der Waals surface area contributed by atoms with E-state index in [1.165, 1.54) is 6.42 Å². The minimum absolute atomic E-state index is 0.488. The lowest BCUT2D eigenvalue weighted by Gasteiger charge is -2.12. The summed E-state index contributed by atoms with van der Waals surface area (Å²) in [5, 5.41) is 13.4. The largest absolute Gasteiger partial charge is 0.548 e. The molecule has 1 unspecified atom stereocenters. The van der Waals surface area contributed by atoms with Gasteiger partial charge in [-0.1, -0.05) is 13.3 Å². The Balaban J connectivity index is 3.11. The number of hydrogen-bond acceptors (Lipinski definition) is 4. The van der Waals surface area contributed by atoms with E-state index in [1.54, 1.807) is 0 Å². The first kappa shape index (κ1) is 12.4. The van der Waals surface area contributed by atoms with Crippen LogP contribution >= 0.6 is 0 Å². The molecule has 0 spiro atoms. The maximum Gasteiger partial charge on any atom is 0.0582 e.